The van der Waals surface area contributed by atoms with Crippen LogP contribution < -0.4 is 25.2 Å². The maximum Gasteiger partial charge on any atom is 0.247 e. The maximum absolute atomic E-state index is 14.7. The van der Waals surface area contributed by atoms with E-state index in [2.05, 4.69) is 45.9 Å². The molecule has 234 valence electrons. The molecule has 0 bridgehead atoms. The van der Waals surface area contributed by atoms with Crippen LogP contribution in [0, 0.1) is 5.82 Å². The van der Waals surface area contributed by atoms with Crippen molar-refractivity contribution in [3.05, 3.63) is 79.2 Å². The summed E-state index contributed by atoms with van der Waals surface area (Å²) in [5, 5.41) is 6.14. The number of nitrogens with zero attached hydrogens (tertiary/aromatic N) is 7. The van der Waals surface area contributed by atoms with Crippen molar-refractivity contribution in [1.82, 2.24) is 24.8 Å². The van der Waals surface area contributed by atoms with E-state index >= 15 is 0 Å². The minimum atomic E-state index is -0.338. The molecule has 0 saturated heterocycles. The SMILES string of the molecule is C=CC(=O)Nc1cc(Nc2ncnc(N3CC(C)(C)c4ncc(-c5ccccc5F)cc43)n2)c(OC)cc1N(C)CCN(C)C. The number of aromatic nitrogens is 4. The molecule has 1 aliphatic heterocycles. The molecule has 0 unspecified atom stereocenters. The van der Waals surface area contributed by atoms with Gasteiger partial charge in [0.2, 0.25) is 17.8 Å². The van der Waals surface area contributed by atoms with Crippen LogP contribution in [-0.2, 0) is 10.2 Å². The van der Waals surface area contributed by atoms with Crippen LogP contribution in [0.25, 0.3) is 11.1 Å². The molecule has 1 aliphatic rings. The lowest BCUT2D eigenvalue weighted by molar-refractivity contribution is -0.111. The normalized spacial score (nSPS) is 13.4. The number of halogens is 1. The number of carbonyl (C=O) groups excluding carboxylic acids is 1. The van der Waals surface area contributed by atoms with E-state index < -0.39 is 0 Å². The first-order valence-corrected chi connectivity index (χ1v) is 14.5. The maximum atomic E-state index is 14.7. The van der Waals surface area contributed by atoms with E-state index in [4.69, 9.17) is 14.7 Å². The number of pyridine rings is 1. The van der Waals surface area contributed by atoms with Gasteiger partial charge in [0.15, 0.2) is 0 Å². The minimum Gasteiger partial charge on any atom is -0.494 e. The summed E-state index contributed by atoms with van der Waals surface area (Å²) in [6.07, 6.45) is 4.36. The molecule has 2 N–H and O–H groups in total. The number of benzene rings is 2. The van der Waals surface area contributed by atoms with Crippen LogP contribution in [0.2, 0.25) is 0 Å². The molecular formula is C33H38FN9O2. The third-order valence-corrected chi connectivity index (χ3v) is 7.64. The van der Waals surface area contributed by atoms with E-state index in [-0.39, 0.29) is 23.1 Å². The molecule has 0 radical (unpaired) electrons. The minimum absolute atomic E-state index is 0.275. The molecule has 3 heterocycles. The van der Waals surface area contributed by atoms with Crippen molar-refractivity contribution in [2.45, 2.75) is 19.3 Å². The molecule has 11 nitrogen and oxygen atoms in total. The Labute approximate surface area is 262 Å². The van der Waals surface area contributed by atoms with Crippen molar-refractivity contribution in [2.24, 2.45) is 0 Å². The molecule has 0 atom stereocenters. The van der Waals surface area contributed by atoms with E-state index in [1.807, 2.05) is 43.1 Å². The number of rotatable bonds is 11. The van der Waals surface area contributed by atoms with Crippen LogP contribution in [0.4, 0.5) is 39.0 Å². The number of methoxy groups -OCH3 is 1. The standard InChI is InChI=1S/C33H38FN9O2/c1-8-29(44)38-24-16-25(28(45-7)17-26(24)42(6)14-13-41(4)5)39-31-36-20-37-32(40-31)43-19-33(2,3)30-27(43)15-21(18-35-30)22-11-9-10-12-23(22)34/h8-12,15-18,20H,1,13-14,19H2,2-7H3,(H,38,44)(H,36,37,39,40). The number of hydrogen-bond donors (Lipinski definition) is 2. The predicted octanol–water partition coefficient (Wildman–Crippen LogP) is 5.38. The van der Waals surface area contributed by atoms with Crippen LogP contribution in [0.15, 0.2) is 67.6 Å². The molecule has 2 aromatic carbocycles. The number of carbonyl (C=O) groups is 1. The molecular weight excluding hydrogens is 573 g/mol. The number of hydrogen-bond acceptors (Lipinski definition) is 10. The third-order valence-electron chi connectivity index (χ3n) is 7.64. The Balaban J connectivity index is 1.49. The number of ether oxygens (including phenoxy) is 1. The van der Waals surface area contributed by atoms with E-state index in [0.717, 1.165) is 30.2 Å². The zero-order chi connectivity index (χ0) is 32.3. The van der Waals surface area contributed by atoms with Crippen molar-refractivity contribution in [1.29, 1.82) is 0 Å². The van der Waals surface area contributed by atoms with Crippen molar-refractivity contribution < 1.29 is 13.9 Å². The van der Waals surface area contributed by atoms with Gasteiger partial charge in [-0.05, 0) is 38.4 Å². The molecule has 0 saturated carbocycles. The first-order chi connectivity index (χ1) is 21.5. The highest BCUT2D eigenvalue weighted by atomic mass is 19.1. The van der Waals surface area contributed by atoms with Crippen LogP contribution in [0.1, 0.15) is 19.5 Å². The Hall–Kier alpha value is -5.10. The molecule has 45 heavy (non-hydrogen) atoms. The van der Waals surface area contributed by atoms with Gasteiger partial charge in [-0.1, -0.05) is 38.6 Å². The summed E-state index contributed by atoms with van der Waals surface area (Å²) in [7, 11) is 7.54. The smallest absolute Gasteiger partial charge is 0.247 e. The number of nitrogens with one attached hydrogen (secondary N) is 2. The Morgan fingerprint density at radius 1 is 1.11 bits per heavy atom. The van der Waals surface area contributed by atoms with Crippen molar-refractivity contribution in [3.8, 4) is 16.9 Å². The summed E-state index contributed by atoms with van der Waals surface area (Å²) in [5.74, 6) is 0.562. The highest BCUT2D eigenvalue weighted by Crippen LogP contribution is 2.44. The highest BCUT2D eigenvalue weighted by molar-refractivity contribution is 6.02. The highest BCUT2D eigenvalue weighted by Gasteiger charge is 2.39. The quantitative estimate of drug-likeness (QED) is 0.215. The average Bonchev–Trinajstić information content (AvgIpc) is 3.30. The van der Waals surface area contributed by atoms with Gasteiger partial charge in [-0.3, -0.25) is 9.78 Å². The largest absolute Gasteiger partial charge is 0.494 e. The summed E-state index contributed by atoms with van der Waals surface area (Å²) in [5.41, 5.74) is 4.39. The van der Waals surface area contributed by atoms with E-state index in [1.165, 1.54) is 18.5 Å². The Morgan fingerprint density at radius 3 is 2.60 bits per heavy atom. The molecule has 0 fully saturated rings. The topological polar surface area (TPSA) is 112 Å². The zero-order valence-electron chi connectivity index (χ0n) is 26.4. The van der Waals surface area contributed by atoms with Crippen molar-refractivity contribution >= 4 is 40.6 Å². The van der Waals surface area contributed by atoms with Crippen LogP contribution in [-0.4, -0.2) is 78.6 Å². The first-order valence-electron chi connectivity index (χ1n) is 14.5. The predicted molar refractivity (Wildman–Crippen MR) is 176 cm³/mol. The van der Waals surface area contributed by atoms with Gasteiger partial charge in [0.05, 0.1) is 35.6 Å². The Morgan fingerprint density at radius 2 is 1.89 bits per heavy atom. The Kier molecular flexibility index (Phi) is 8.96. The molecule has 0 spiro atoms. The number of amides is 1. The number of likely N-dealkylation sites (N-methyl/N-ethyl adjacent to an activating group) is 2. The van der Waals surface area contributed by atoms with Gasteiger partial charge in [0, 0.05) is 55.5 Å². The number of anilines is 6. The summed E-state index contributed by atoms with van der Waals surface area (Å²) in [4.78, 5) is 36.8. The van der Waals surface area contributed by atoms with Gasteiger partial charge in [0.25, 0.3) is 0 Å². The lowest BCUT2D eigenvalue weighted by Gasteiger charge is -2.26. The van der Waals surface area contributed by atoms with Crippen LogP contribution in [0.5, 0.6) is 5.75 Å². The molecule has 4 aromatic rings. The lowest BCUT2D eigenvalue weighted by atomic mass is 9.91. The lowest BCUT2D eigenvalue weighted by Crippen LogP contribution is -2.29. The van der Waals surface area contributed by atoms with Gasteiger partial charge >= 0.3 is 0 Å². The van der Waals surface area contributed by atoms with Gasteiger partial charge in [-0.15, -0.1) is 0 Å². The van der Waals surface area contributed by atoms with E-state index in [1.54, 1.807) is 37.6 Å². The average molecular weight is 612 g/mol. The summed E-state index contributed by atoms with van der Waals surface area (Å²) in [6, 6.07) is 12.2. The second-order valence-electron chi connectivity index (χ2n) is 11.8. The molecule has 5 rings (SSSR count). The van der Waals surface area contributed by atoms with Crippen molar-refractivity contribution in [3.63, 3.8) is 0 Å². The second-order valence-corrected chi connectivity index (χ2v) is 11.8. The third kappa shape index (κ3) is 6.70. The second kappa shape index (κ2) is 12.9. The molecule has 2 aromatic heterocycles. The molecule has 12 heteroatoms. The first kappa shape index (κ1) is 31.3. The van der Waals surface area contributed by atoms with E-state index in [0.29, 0.717) is 40.7 Å². The fourth-order valence-electron chi connectivity index (χ4n) is 5.26. The summed E-state index contributed by atoms with van der Waals surface area (Å²) < 4.78 is 20.4. The van der Waals surface area contributed by atoms with E-state index in [9.17, 15) is 9.18 Å². The van der Waals surface area contributed by atoms with Crippen LogP contribution >= 0.6 is 0 Å². The fraction of sp³-hybridized carbons (Fsp3) is 0.303. The monoisotopic (exact) mass is 611 g/mol. The fourth-order valence-corrected chi connectivity index (χ4v) is 5.26. The van der Waals surface area contributed by atoms with Gasteiger partial charge < -0.3 is 30.1 Å². The Bertz CT molecular complexity index is 1730. The van der Waals surface area contributed by atoms with Gasteiger partial charge in [0.1, 0.15) is 17.9 Å². The summed E-state index contributed by atoms with van der Waals surface area (Å²) >= 11 is 0. The molecule has 1 amide bonds. The van der Waals surface area contributed by atoms with Crippen molar-refractivity contribution in [2.75, 3.05) is 68.3 Å². The van der Waals surface area contributed by atoms with Gasteiger partial charge in [-0.25, -0.2) is 14.4 Å². The zero-order valence-corrected chi connectivity index (χ0v) is 26.4. The molecule has 0 aliphatic carbocycles. The summed E-state index contributed by atoms with van der Waals surface area (Å²) in [6.45, 7) is 9.89. The van der Waals surface area contributed by atoms with Crippen LogP contribution in [0.3, 0.4) is 0 Å². The van der Waals surface area contributed by atoms with Gasteiger partial charge in [-0.2, -0.15) is 4.98 Å². The number of fused-ring (bicyclic) bond motifs is 1.